The first kappa shape index (κ1) is 42.0. The van der Waals surface area contributed by atoms with E-state index < -0.39 is 0 Å². The summed E-state index contributed by atoms with van der Waals surface area (Å²) in [4.78, 5) is 2.45. The quantitative estimate of drug-likeness (QED) is 0.111. The van der Waals surface area contributed by atoms with E-state index in [-0.39, 0.29) is 0 Å². The third-order valence-corrected chi connectivity index (χ3v) is 14.4. The van der Waals surface area contributed by atoms with Gasteiger partial charge in [-0.2, -0.15) is 0 Å². The van der Waals surface area contributed by atoms with E-state index in [1.54, 1.807) is 0 Å². The number of rotatable bonds is 12. The predicted octanol–water partition coefficient (Wildman–Crippen LogP) is 18.3. The highest BCUT2D eigenvalue weighted by Crippen LogP contribution is 2.47. The molecule has 1 nitrogen and oxygen atoms in total. The number of allylic oxidation sites excluding steroid dienone is 3. The number of fused-ring (bicyclic) bond motifs is 3. The Hall–Kier alpha value is -6.96. The average Bonchev–Trinajstić information content (AvgIpc) is 3.68. The van der Waals surface area contributed by atoms with Crippen molar-refractivity contribution in [2.24, 2.45) is 0 Å². The summed E-state index contributed by atoms with van der Waals surface area (Å²) in [5, 5.41) is 0. The van der Waals surface area contributed by atoms with E-state index in [4.69, 9.17) is 0 Å². The van der Waals surface area contributed by atoms with Crippen molar-refractivity contribution in [3.05, 3.63) is 227 Å². The SMILES string of the molecule is C=C/C(=C(/C)CCC)c1cccc(-c2c(C)cccc2-c2ccc3c(c2)Cc2cc(N(c4ccc(-c5ccccc5)cc4)c4ccc(-c5ccccc5C5CCC5)c(C)c4)ccc2-3)c1C. The zero-order chi connectivity index (χ0) is 44.6. The van der Waals surface area contributed by atoms with Crippen LogP contribution in [-0.2, 0) is 6.42 Å². The Balaban J connectivity index is 1.02. The second kappa shape index (κ2) is 17.9. The van der Waals surface area contributed by atoms with Crippen molar-refractivity contribution >= 4 is 22.6 Å². The summed E-state index contributed by atoms with van der Waals surface area (Å²) >= 11 is 0. The standard InChI is InChI=1S/C64H59N/c1-7-17-42(3)55(8-2)57-25-16-26-58(45(57)6)64-43(4)18-14-27-62(64)49-30-35-60-50(39-49)40-51-41-54(34-37-61(51)60)65(52-31-28-47(29-32-52)46-19-10-9-11-20-46)53-33-36-56(44(5)38-53)63-24-13-12-23-59(63)48-21-15-22-48/h8-14,16,18-20,23-39,41,48H,2,7,15,17,21-22,40H2,1,3-6H3/b55-42+. The smallest absolute Gasteiger partial charge is 0.0464 e. The Morgan fingerprint density at radius 1 is 0.554 bits per heavy atom. The predicted molar refractivity (Wildman–Crippen MR) is 280 cm³/mol. The number of anilines is 3. The van der Waals surface area contributed by atoms with Crippen LogP contribution < -0.4 is 4.90 Å². The van der Waals surface area contributed by atoms with Crippen molar-refractivity contribution in [1.29, 1.82) is 0 Å². The molecule has 2 aliphatic carbocycles. The molecule has 0 radical (unpaired) electrons. The molecule has 0 amide bonds. The van der Waals surface area contributed by atoms with Gasteiger partial charge in [-0.15, -0.1) is 0 Å². The molecule has 10 rings (SSSR count). The van der Waals surface area contributed by atoms with Crippen molar-refractivity contribution < 1.29 is 0 Å². The van der Waals surface area contributed by atoms with Crippen LogP contribution in [-0.4, -0.2) is 0 Å². The zero-order valence-corrected chi connectivity index (χ0v) is 38.7. The zero-order valence-electron chi connectivity index (χ0n) is 38.7. The van der Waals surface area contributed by atoms with Crippen molar-refractivity contribution in [3.8, 4) is 55.6 Å². The number of hydrogen-bond acceptors (Lipinski definition) is 1. The maximum Gasteiger partial charge on any atom is 0.0464 e. The molecule has 8 aromatic carbocycles. The summed E-state index contributed by atoms with van der Waals surface area (Å²) in [6.45, 7) is 15.6. The fourth-order valence-electron chi connectivity index (χ4n) is 10.8. The molecule has 0 N–H and O–H groups in total. The molecule has 0 atom stereocenters. The summed E-state index contributed by atoms with van der Waals surface area (Å²) in [6, 6.07) is 63.8. The summed E-state index contributed by atoms with van der Waals surface area (Å²) in [5.41, 5.74) is 28.5. The molecule has 0 aromatic heterocycles. The van der Waals surface area contributed by atoms with Gasteiger partial charge < -0.3 is 4.90 Å². The van der Waals surface area contributed by atoms with E-state index in [1.165, 1.54) is 136 Å². The molecule has 0 heterocycles. The summed E-state index contributed by atoms with van der Waals surface area (Å²) < 4.78 is 0. The van der Waals surface area contributed by atoms with Gasteiger partial charge in [0.2, 0.25) is 0 Å². The number of hydrogen-bond donors (Lipinski definition) is 0. The molecule has 0 aliphatic heterocycles. The van der Waals surface area contributed by atoms with E-state index >= 15 is 0 Å². The molecule has 2 aliphatic rings. The Morgan fingerprint density at radius 2 is 1.17 bits per heavy atom. The van der Waals surface area contributed by atoms with Crippen LogP contribution in [0.2, 0.25) is 0 Å². The molecule has 1 heteroatoms. The first-order chi connectivity index (χ1) is 31.8. The van der Waals surface area contributed by atoms with E-state index in [0.29, 0.717) is 5.92 Å². The topological polar surface area (TPSA) is 3.24 Å². The summed E-state index contributed by atoms with van der Waals surface area (Å²) in [5.74, 6) is 0.671. The van der Waals surface area contributed by atoms with Crippen molar-refractivity contribution in [2.45, 2.75) is 79.1 Å². The monoisotopic (exact) mass is 841 g/mol. The molecule has 0 saturated heterocycles. The fraction of sp³-hybridized carbons (Fsp3) is 0.188. The summed E-state index contributed by atoms with van der Waals surface area (Å²) in [7, 11) is 0. The second-order valence-corrected chi connectivity index (χ2v) is 18.5. The van der Waals surface area contributed by atoms with Crippen LogP contribution in [0.25, 0.3) is 61.2 Å². The Bertz CT molecular complexity index is 3100. The van der Waals surface area contributed by atoms with Gasteiger partial charge in [0.25, 0.3) is 0 Å². The van der Waals surface area contributed by atoms with Gasteiger partial charge in [0.1, 0.15) is 0 Å². The molecular weight excluding hydrogens is 783 g/mol. The Kier molecular flexibility index (Phi) is 11.6. The third-order valence-electron chi connectivity index (χ3n) is 14.4. The van der Waals surface area contributed by atoms with E-state index in [1.807, 2.05) is 6.08 Å². The second-order valence-electron chi connectivity index (χ2n) is 18.5. The Labute approximate surface area is 387 Å². The highest BCUT2D eigenvalue weighted by atomic mass is 15.1. The van der Waals surface area contributed by atoms with Crippen molar-refractivity contribution in [3.63, 3.8) is 0 Å². The number of benzene rings is 8. The lowest BCUT2D eigenvalue weighted by molar-refractivity contribution is 0.420. The maximum absolute atomic E-state index is 4.24. The first-order valence-electron chi connectivity index (χ1n) is 23.8. The lowest BCUT2D eigenvalue weighted by Gasteiger charge is -2.29. The molecule has 1 fully saturated rings. The van der Waals surface area contributed by atoms with Crippen LogP contribution in [0, 0.1) is 20.8 Å². The molecule has 8 aromatic rings. The van der Waals surface area contributed by atoms with E-state index in [9.17, 15) is 0 Å². The first-order valence-corrected chi connectivity index (χ1v) is 23.8. The van der Waals surface area contributed by atoms with Crippen LogP contribution in [0.5, 0.6) is 0 Å². The van der Waals surface area contributed by atoms with Crippen LogP contribution >= 0.6 is 0 Å². The van der Waals surface area contributed by atoms with Crippen molar-refractivity contribution in [2.75, 3.05) is 4.90 Å². The number of nitrogens with zero attached hydrogens (tertiary/aromatic N) is 1. The van der Waals surface area contributed by atoms with Gasteiger partial charge in [-0.3, -0.25) is 0 Å². The van der Waals surface area contributed by atoms with E-state index in [2.05, 4.69) is 216 Å². The Morgan fingerprint density at radius 3 is 1.89 bits per heavy atom. The maximum atomic E-state index is 4.24. The van der Waals surface area contributed by atoms with Gasteiger partial charge in [-0.1, -0.05) is 171 Å². The highest BCUT2D eigenvalue weighted by Gasteiger charge is 2.25. The molecule has 0 spiro atoms. The third kappa shape index (κ3) is 7.88. The number of aryl methyl sites for hydroxylation is 2. The van der Waals surface area contributed by atoms with Crippen LogP contribution in [0.1, 0.15) is 90.8 Å². The minimum Gasteiger partial charge on any atom is -0.310 e. The minimum atomic E-state index is 0.671. The fourth-order valence-corrected chi connectivity index (χ4v) is 10.8. The molecule has 0 bridgehead atoms. The highest BCUT2D eigenvalue weighted by molar-refractivity contribution is 5.92. The summed E-state index contributed by atoms with van der Waals surface area (Å²) in [6.07, 6.45) is 9.05. The molecule has 65 heavy (non-hydrogen) atoms. The van der Waals surface area contributed by atoms with Gasteiger partial charge in [0, 0.05) is 17.1 Å². The van der Waals surface area contributed by atoms with Crippen molar-refractivity contribution in [1.82, 2.24) is 0 Å². The normalized spacial score (nSPS) is 13.4. The van der Waals surface area contributed by atoms with Gasteiger partial charge >= 0.3 is 0 Å². The molecular formula is C64H59N. The lowest BCUT2D eigenvalue weighted by Crippen LogP contribution is -2.11. The molecule has 320 valence electrons. The van der Waals surface area contributed by atoms with Crippen LogP contribution in [0.4, 0.5) is 17.1 Å². The van der Waals surface area contributed by atoms with Crippen LogP contribution in [0.3, 0.4) is 0 Å². The van der Waals surface area contributed by atoms with Gasteiger partial charge in [0.05, 0.1) is 0 Å². The average molecular weight is 842 g/mol. The van der Waals surface area contributed by atoms with Gasteiger partial charge in [-0.05, 0) is 196 Å². The minimum absolute atomic E-state index is 0.671. The lowest BCUT2D eigenvalue weighted by atomic mass is 9.77. The van der Waals surface area contributed by atoms with Gasteiger partial charge in [0.15, 0.2) is 0 Å². The molecule has 0 unspecified atom stereocenters. The van der Waals surface area contributed by atoms with Crippen LogP contribution in [0.15, 0.2) is 188 Å². The van der Waals surface area contributed by atoms with Gasteiger partial charge in [-0.25, -0.2) is 0 Å². The molecule has 1 saturated carbocycles. The van der Waals surface area contributed by atoms with E-state index in [0.717, 1.165) is 24.9 Å². The largest absolute Gasteiger partial charge is 0.310 e.